The van der Waals surface area contributed by atoms with Crippen LogP contribution in [0.15, 0.2) is 277 Å². The normalized spacial score (nSPS) is 13.9. The van der Waals surface area contributed by atoms with Crippen molar-refractivity contribution in [3.05, 3.63) is 332 Å². The number of nitrogens with zero attached hydrogens (tertiary/aromatic N) is 13. The fourth-order valence-electron chi connectivity index (χ4n) is 18.3. The van der Waals surface area contributed by atoms with Gasteiger partial charge in [0, 0.05) is 251 Å². The minimum absolute atomic E-state index is 0.0133. The first-order valence-electron chi connectivity index (χ1n) is 47.8. The highest BCUT2D eigenvalue weighted by Crippen LogP contribution is 2.35. The highest BCUT2D eigenvalue weighted by atomic mass is 16.5. The third-order valence-electron chi connectivity index (χ3n) is 25.8. The Morgan fingerprint density at radius 2 is 0.901 bits per heavy atom. The highest BCUT2D eigenvalue weighted by Gasteiger charge is 2.29. The van der Waals surface area contributed by atoms with E-state index in [0.717, 1.165) is 168 Å². The first-order valence-corrected chi connectivity index (χ1v) is 47.8. The van der Waals surface area contributed by atoms with E-state index in [1.165, 1.54) is 32.1 Å². The zero-order valence-corrected chi connectivity index (χ0v) is 79.9. The third kappa shape index (κ3) is 23.1. The number of pyridine rings is 7. The number of hydrogen-bond donors (Lipinski definition) is 10. The van der Waals surface area contributed by atoms with E-state index in [1.54, 1.807) is 73.6 Å². The van der Waals surface area contributed by atoms with Gasteiger partial charge in [-0.25, -0.2) is 19.9 Å². The number of ether oxygens (including phenoxy) is 1. The van der Waals surface area contributed by atoms with Gasteiger partial charge in [-0.2, -0.15) is 0 Å². The van der Waals surface area contributed by atoms with Gasteiger partial charge in [-0.15, -0.1) is 0 Å². The molecule has 722 valence electrons. The topological polar surface area (TPSA) is 380 Å². The number of piperazine rings is 2. The Kier molecular flexibility index (Phi) is 30.3. The Labute approximate surface area is 814 Å². The number of H-pyrrole nitrogens is 3. The van der Waals surface area contributed by atoms with Gasteiger partial charge in [0.05, 0.1) is 58.7 Å². The van der Waals surface area contributed by atoms with Crippen LogP contribution in [0.4, 0.5) is 45.5 Å². The largest absolute Gasteiger partial charge is 0.383 e. The fourth-order valence-corrected chi connectivity index (χ4v) is 18.3. The molecule has 6 amide bonds. The van der Waals surface area contributed by atoms with E-state index in [9.17, 15) is 43.2 Å². The van der Waals surface area contributed by atoms with Gasteiger partial charge in [-0.3, -0.25) is 70.6 Å². The maximum absolute atomic E-state index is 13.2. The Bertz CT molecular complexity index is 7380. The van der Waals surface area contributed by atoms with E-state index in [2.05, 4.69) is 112 Å². The Balaban J connectivity index is 0.000000130. The second-order valence-corrected chi connectivity index (χ2v) is 36.0. The first-order chi connectivity index (χ1) is 68.5. The summed E-state index contributed by atoms with van der Waals surface area (Å²) in [6.07, 6.45) is 25.7. The van der Waals surface area contributed by atoms with Crippen LogP contribution in [-0.2, 0) is 16.1 Å². The van der Waals surface area contributed by atoms with Crippen molar-refractivity contribution in [2.24, 2.45) is 5.92 Å². The van der Waals surface area contributed by atoms with Crippen molar-refractivity contribution in [2.75, 3.05) is 114 Å². The molecule has 11 aromatic heterocycles. The zero-order valence-electron chi connectivity index (χ0n) is 79.9. The monoisotopic (exact) mass is 1890 g/mol. The average Bonchev–Trinajstić information content (AvgIpc) is 1.90. The molecule has 5 aromatic carbocycles. The van der Waals surface area contributed by atoms with Crippen molar-refractivity contribution in [3.8, 4) is 45.0 Å². The maximum Gasteiger partial charge on any atom is 0.254 e. The molecule has 0 atom stereocenters. The van der Waals surface area contributed by atoms with Gasteiger partial charge in [-0.1, -0.05) is 25.3 Å². The van der Waals surface area contributed by atoms with Crippen LogP contribution in [0.3, 0.4) is 0 Å². The molecule has 141 heavy (non-hydrogen) atoms. The molecule has 3 aliphatic heterocycles. The molecule has 20 rings (SSSR count). The zero-order chi connectivity index (χ0) is 98.2. The summed E-state index contributed by atoms with van der Waals surface area (Å²) in [5.74, 6) is 0.650. The van der Waals surface area contributed by atoms with Crippen molar-refractivity contribution in [3.63, 3.8) is 0 Å². The lowest BCUT2D eigenvalue weighted by atomic mass is 9.89. The minimum Gasteiger partial charge on any atom is -0.383 e. The molecule has 0 spiro atoms. The quantitative estimate of drug-likeness (QED) is 0.0241. The molecular formula is C108H115N23O10. The minimum atomic E-state index is -0.163. The molecular weight excluding hydrogens is 1780 g/mol. The maximum atomic E-state index is 13.2. The van der Waals surface area contributed by atoms with E-state index in [0.29, 0.717) is 87.6 Å². The van der Waals surface area contributed by atoms with Crippen LogP contribution in [0.25, 0.3) is 67.6 Å². The lowest BCUT2D eigenvalue weighted by molar-refractivity contribution is -0.123. The summed E-state index contributed by atoms with van der Waals surface area (Å²) in [6, 6.07) is 60.7. The van der Waals surface area contributed by atoms with Gasteiger partial charge < -0.3 is 71.6 Å². The number of rotatable bonds is 26. The Morgan fingerprint density at radius 1 is 0.468 bits per heavy atom. The van der Waals surface area contributed by atoms with Gasteiger partial charge in [-0.05, 0) is 247 Å². The number of amides is 6. The summed E-state index contributed by atoms with van der Waals surface area (Å²) in [7, 11) is 1.63. The third-order valence-corrected chi connectivity index (χ3v) is 25.8. The van der Waals surface area contributed by atoms with E-state index >= 15 is 0 Å². The van der Waals surface area contributed by atoms with Gasteiger partial charge in [0.15, 0.2) is 22.6 Å². The molecule has 16 aromatic rings. The summed E-state index contributed by atoms with van der Waals surface area (Å²) < 4.78 is 13.0. The van der Waals surface area contributed by atoms with E-state index in [4.69, 9.17) is 4.74 Å². The molecule has 1 aliphatic carbocycles. The SMILES string of the molecule is CC(C)NC(=O)CN1CCN(C(=O)c2ccc(Nc3ccc(-c4cc[nH]c(=O)c4)n4ccnc34)cc2)CC1.CCN(CCOC)C(=O)c1ccc(Nc2ccc(-c3cc[nH]c(=O)c3)n3ccnc23)cc1.Cc1cc(Nc2ccc(-c3ccc4c(c3)CNC4=O)n3ccnc23)ccc1C(=O)N1CCN(C(C)C)CC1.O=C(NCC1CCCCC1)c1ccc(Nc2ccc(-c3cc[nH]c(=O)c3)n3ccnc23)cc1. The highest BCUT2D eigenvalue weighted by molar-refractivity contribution is 6.00. The number of fused-ring (bicyclic) bond motifs is 5. The molecule has 0 radical (unpaired) electrons. The molecule has 14 heterocycles. The number of carbonyl (C=O) groups is 6. The number of aromatic nitrogens is 11. The summed E-state index contributed by atoms with van der Waals surface area (Å²) in [4.78, 5) is 147. The first kappa shape index (κ1) is 96.3. The van der Waals surface area contributed by atoms with Crippen molar-refractivity contribution in [1.82, 2.24) is 92.9 Å². The Morgan fingerprint density at radius 3 is 1.34 bits per heavy atom. The number of hydrogen-bond acceptors (Lipinski definition) is 20. The van der Waals surface area contributed by atoms with Gasteiger partial charge in [0.2, 0.25) is 22.6 Å². The van der Waals surface area contributed by atoms with Gasteiger partial charge in [0.1, 0.15) is 0 Å². The van der Waals surface area contributed by atoms with E-state index < -0.39 is 0 Å². The molecule has 10 N–H and O–H groups in total. The summed E-state index contributed by atoms with van der Waals surface area (Å²) >= 11 is 0. The lowest BCUT2D eigenvalue weighted by Gasteiger charge is -2.37. The predicted molar refractivity (Wildman–Crippen MR) is 550 cm³/mol. The van der Waals surface area contributed by atoms with Crippen molar-refractivity contribution in [1.29, 1.82) is 0 Å². The number of likely N-dealkylation sites (N-methyl/N-ethyl adjacent to an activating group) is 1. The standard InChI is InChI=1S/C30H32N6O2.C28H31N7O3.C26H27N5O2.C24H25N5O3/c1-19(2)34-12-14-35(15-13-34)30(38)24-7-5-23(16-20(24)3)33-26-8-9-27(36-11-10-31-28(26)36)21-4-6-25-22(17-21)18-32-29(25)37;1-19(2)31-26(37)18-33-13-15-34(16-14-33)28(38)20-3-5-22(6-4-20)32-23-7-8-24(35-12-11-30-27(23)35)21-9-10-29-25(36)17-21;32-24-16-20(12-13-27-24)23-11-10-22(25-28-14-15-31(23)25)30-21-8-6-19(7-9-21)26(33)29-17-18-4-2-1-3-5-18;1-3-28(14-15-32-2)24(31)17-4-6-19(7-5-17)27-20-8-9-21(29-13-12-26-23(20)29)18-10-11-25-22(30)16-18/h4-11,16-17,19,33H,12-15,18H2,1-3H3,(H,32,37);3-12,17,19,32H,13-16,18H2,1-2H3,(H,29,36)(H,31,37);6-16,18,30H,1-5,17H2,(H,27,32)(H,29,33);4-13,16,27H,3,14-15H2,1-2H3,(H,25,30). The van der Waals surface area contributed by atoms with Crippen molar-refractivity contribution in [2.45, 2.75) is 92.3 Å². The molecule has 4 aliphatic rings. The van der Waals surface area contributed by atoms with E-state index in [-0.39, 0.29) is 58.2 Å². The van der Waals surface area contributed by atoms with Crippen LogP contribution in [0, 0.1) is 12.8 Å². The number of anilines is 8. The summed E-state index contributed by atoms with van der Waals surface area (Å²) in [6.45, 7) is 21.5. The number of methoxy groups -OCH3 is 1. The number of benzene rings is 5. The molecule has 1 saturated carbocycles. The van der Waals surface area contributed by atoms with Crippen LogP contribution < -0.4 is 53.9 Å². The van der Waals surface area contributed by atoms with Crippen LogP contribution in [-0.4, -0.2) is 217 Å². The van der Waals surface area contributed by atoms with Crippen LogP contribution in [0.1, 0.15) is 130 Å². The molecule has 3 fully saturated rings. The fraction of sp³-hybridized carbons (Fsp3) is 0.269. The summed E-state index contributed by atoms with van der Waals surface area (Å²) in [5, 5.41) is 22.5. The van der Waals surface area contributed by atoms with Gasteiger partial charge >= 0.3 is 0 Å². The van der Waals surface area contributed by atoms with Crippen LogP contribution in [0.2, 0.25) is 0 Å². The van der Waals surface area contributed by atoms with Crippen LogP contribution in [0.5, 0.6) is 0 Å². The van der Waals surface area contributed by atoms with Gasteiger partial charge in [0.25, 0.3) is 29.5 Å². The second kappa shape index (κ2) is 44.4. The lowest BCUT2D eigenvalue weighted by Crippen LogP contribution is -2.51. The second-order valence-electron chi connectivity index (χ2n) is 36.0. The molecule has 0 bridgehead atoms. The molecule has 2 saturated heterocycles. The number of aromatic amines is 3. The van der Waals surface area contributed by atoms with Crippen LogP contribution >= 0.6 is 0 Å². The average molecular weight is 1900 g/mol. The molecule has 33 nitrogen and oxygen atoms in total. The van der Waals surface area contributed by atoms with Crippen molar-refractivity contribution < 1.29 is 33.5 Å². The van der Waals surface area contributed by atoms with Crippen molar-refractivity contribution >= 4 is 104 Å². The molecule has 33 heteroatoms. The molecule has 0 unspecified atom stereocenters. The number of carbonyl (C=O) groups excluding carboxylic acids is 6. The number of aryl methyl sites for hydroxylation is 1. The van der Waals surface area contributed by atoms with E-state index in [1.807, 2.05) is 239 Å². The number of imidazole rings is 4. The summed E-state index contributed by atoms with van der Waals surface area (Å²) in [5.41, 5.74) is 21.7. The number of nitrogens with one attached hydrogen (secondary N) is 10. The Hall–Kier alpha value is -16.4. The predicted octanol–water partition coefficient (Wildman–Crippen LogP) is 15.5. The smallest absolute Gasteiger partial charge is 0.254 e.